The number of nitrogens with two attached hydrogens (primary N) is 1. The van der Waals surface area contributed by atoms with Gasteiger partial charge in [0.2, 0.25) is 0 Å². The average molecular weight is 307 g/mol. The monoisotopic (exact) mass is 307 g/mol. The fourth-order valence-electron chi connectivity index (χ4n) is 2.70. The molecule has 0 saturated carbocycles. The molecule has 0 radical (unpaired) electrons. The summed E-state index contributed by atoms with van der Waals surface area (Å²) in [6.45, 7) is 6.88. The predicted molar refractivity (Wildman–Crippen MR) is 79.8 cm³/mol. The summed E-state index contributed by atoms with van der Waals surface area (Å²) in [6, 6.07) is 0. The summed E-state index contributed by atoms with van der Waals surface area (Å²) in [4.78, 5) is 4.43. The van der Waals surface area contributed by atoms with Gasteiger partial charge in [-0.05, 0) is 6.92 Å². The molecule has 2 aromatic rings. The van der Waals surface area contributed by atoms with E-state index in [4.69, 9.17) is 5.73 Å². The van der Waals surface area contributed by atoms with Gasteiger partial charge in [-0.3, -0.25) is 0 Å². The largest absolute Gasteiger partial charge is 0.381 e. The van der Waals surface area contributed by atoms with Crippen molar-refractivity contribution in [2.24, 2.45) is 0 Å². The fraction of sp³-hybridized carbons (Fsp3) is 0.385. The number of anilines is 1. The maximum absolute atomic E-state index is 12.4. The van der Waals surface area contributed by atoms with Crippen LogP contribution in [-0.4, -0.2) is 35.3 Å². The first kappa shape index (κ1) is 14.0. The molecule has 0 atom stereocenters. The number of fused-ring (bicyclic) bond motifs is 3. The zero-order chi connectivity index (χ0) is 15.2. The Morgan fingerprint density at radius 1 is 1.52 bits per heavy atom. The third kappa shape index (κ3) is 2.11. The summed E-state index contributed by atoms with van der Waals surface area (Å²) in [7, 11) is -3.57. The van der Waals surface area contributed by atoms with E-state index in [2.05, 4.69) is 22.0 Å². The SMILES string of the molecule is C=CCS(=O)(=O)c1c(N)nn2c3c(c(C)nc12)CNCC3. The molecule has 0 aliphatic carbocycles. The second-order valence-corrected chi connectivity index (χ2v) is 7.04. The van der Waals surface area contributed by atoms with Crippen LogP contribution in [0.15, 0.2) is 17.6 Å². The Labute approximate surface area is 122 Å². The van der Waals surface area contributed by atoms with Crippen LogP contribution in [0, 0.1) is 6.92 Å². The van der Waals surface area contributed by atoms with E-state index in [0.717, 1.165) is 29.9 Å². The lowest BCUT2D eigenvalue weighted by Crippen LogP contribution is -2.27. The lowest BCUT2D eigenvalue weighted by molar-refractivity contribution is 0.599. The number of hydrogen-bond donors (Lipinski definition) is 2. The minimum Gasteiger partial charge on any atom is -0.381 e. The highest BCUT2D eigenvalue weighted by atomic mass is 32.2. The summed E-state index contributed by atoms with van der Waals surface area (Å²) in [5, 5.41) is 7.48. The van der Waals surface area contributed by atoms with Gasteiger partial charge in [0, 0.05) is 30.8 Å². The van der Waals surface area contributed by atoms with Crippen molar-refractivity contribution in [3.05, 3.63) is 29.6 Å². The van der Waals surface area contributed by atoms with Crippen LogP contribution in [0.2, 0.25) is 0 Å². The number of nitrogens with zero attached hydrogens (tertiary/aromatic N) is 3. The fourth-order valence-corrected chi connectivity index (χ4v) is 3.95. The molecular formula is C13H17N5O2S. The molecule has 112 valence electrons. The van der Waals surface area contributed by atoms with Crippen LogP contribution in [0.1, 0.15) is 17.0 Å². The van der Waals surface area contributed by atoms with Gasteiger partial charge in [0.1, 0.15) is 0 Å². The molecule has 3 heterocycles. The van der Waals surface area contributed by atoms with Gasteiger partial charge < -0.3 is 11.1 Å². The van der Waals surface area contributed by atoms with E-state index < -0.39 is 9.84 Å². The molecule has 0 spiro atoms. The van der Waals surface area contributed by atoms with Crippen LogP contribution < -0.4 is 11.1 Å². The molecule has 0 saturated heterocycles. The summed E-state index contributed by atoms with van der Waals surface area (Å²) in [5.74, 6) is -0.187. The third-order valence-electron chi connectivity index (χ3n) is 3.65. The van der Waals surface area contributed by atoms with Crippen molar-refractivity contribution in [1.82, 2.24) is 19.9 Å². The van der Waals surface area contributed by atoms with Crippen LogP contribution in [-0.2, 0) is 22.8 Å². The summed E-state index contributed by atoms with van der Waals surface area (Å²) < 4.78 is 26.3. The van der Waals surface area contributed by atoms with Crippen LogP contribution in [0.4, 0.5) is 5.82 Å². The van der Waals surface area contributed by atoms with E-state index in [0.29, 0.717) is 12.2 Å². The number of aromatic nitrogens is 3. The smallest absolute Gasteiger partial charge is 0.189 e. The minimum absolute atomic E-state index is 0.00400. The Morgan fingerprint density at radius 2 is 2.29 bits per heavy atom. The maximum atomic E-state index is 12.4. The Morgan fingerprint density at radius 3 is 3.00 bits per heavy atom. The molecule has 1 aliphatic rings. The molecule has 0 bridgehead atoms. The molecule has 7 nitrogen and oxygen atoms in total. The molecule has 2 aromatic heterocycles. The van der Waals surface area contributed by atoms with Gasteiger partial charge in [0.15, 0.2) is 26.2 Å². The number of nitrogens with one attached hydrogen (secondary N) is 1. The Bertz CT molecular complexity index is 838. The van der Waals surface area contributed by atoms with Gasteiger partial charge in [0.25, 0.3) is 0 Å². The Balaban J connectivity index is 2.36. The van der Waals surface area contributed by atoms with Crippen molar-refractivity contribution >= 4 is 21.3 Å². The second kappa shape index (κ2) is 4.81. The molecule has 21 heavy (non-hydrogen) atoms. The van der Waals surface area contributed by atoms with Crippen LogP contribution in [0.5, 0.6) is 0 Å². The lowest BCUT2D eigenvalue weighted by atomic mass is 10.1. The first-order valence-electron chi connectivity index (χ1n) is 6.66. The standard InChI is InChI=1S/C13H17N5O2S/c1-3-6-21(19,20)11-12(14)17-18-10-4-5-15-7-9(10)8(2)16-13(11)18/h3,15H,1,4-7H2,2H3,(H2,14,17). The topological polar surface area (TPSA) is 102 Å². The second-order valence-electron chi connectivity index (χ2n) is 5.07. The van der Waals surface area contributed by atoms with E-state index in [1.54, 1.807) is 4.52 Å². The van der Waals surface area contributed by atoms with Crippen molar-refractivity contribution in [2.45, 2.75) is 24.8 Å². The summed E-state index contributed by atoms with van der Waals surface area (Å²) in [6.07, 6.45) is 2.10. The first-order valence-corrected chi connectivity index (χ1v) is 8.32. The molecule has 8 heteroatoms. The van der Waals surface area contributed by atoms with E-state index in [9.17, 15) is 8.42 Å². The van der Waals surface area contributed by atoms with Gasteiger partial charge in [0.05, 0.1) is 11.4 Å². The van der Waals surface area contributed by atoms with Crippen molar-refractivity contribution < 1.29 is 8.42 Å². The van der Waals surface area contributed by atoms with Gasteiger partial charge in [-0.1, -0.05) is 6.08 Å². The quantitative estimate of drug-likeness (QED) is 0.787. The highest BCUT2D eigenvalue weighted by Gasteiger charge is 2.27. The van der Waals surface area contributed by atoms with Gasteiger partial charge >= 0.3 is 0 Å². The average Bonchev–Trinajstić information content (AvgIpc) is 2.76. The molecule has 3 rings (SSSR count). The molecule has 3 N–H and O–H groups in total. The lowest BCUT2D eigenvalue weighted by Gasteiger charge is -2.19. The van der Waals surface area contributed by atoms with Crippen molar-refractivity contribution in [2.75, 3.05) is 18.0 Å². The Hall–Kier alpha value is -1.93. The molecular weight excluding hydrogens is 290 g/mol. The number of aryl methyl sites for hydroxylation is 1. The number of hydrogen-bond acceptors (Lipinski definition) is 6. The molecule has 0 amide bonds. The Kier molecular flexibility index (Phi) is 3.22. The van der Waals surface area contributed by atoms with E-state index in [1.165, 1.54) is 6.08 Å². The minimum atomic E-state index is -3.57. The van der Waals surface area contributed by atoms with Crippen molar-refractivity contribution in [3.63, 3.8) is 0 Å². The molecule has 0 aromatic carbocycles. The van der Waals surface area contributed by atoms with Crippen LogP contribution in [0.25, 0.3) is 5.65 Å². The van der Waals surface area contributed by atoms with E-state index in [1.807, 2.05) is 6.92 Å². The molecule has 0 fully saturated rings. The molecule has 1 aliphatic heterocycles. The van der Waals surface area contributed by atoms with Crippen molar-refractivity contribution in [3.8, 4) is 0 Å². The zero-order valence-corrected chi connectivity index (χ0v) is 12.6. The normalized spacial score (nSPS) is 15.1. The highest BCUT2D eigenvalue weighted by molar-refractivity contribution is 7.92. The van der Waals surface area contributed by atoms with Gasteiger partial charge in [-0.15, -0.1) is 11.7 Å². The summed E-state index contributed by atoms with van der Waals surface area (Å²) in [5.41, 5.74) is 9.00. The van der Waals surface area contributed by atoms with Gasteiger partial charge in [-0.2, -0.15) is 0 Å². The van der Waals surface area contributed by atoms with E-state index in [-0.39, 0.29) is 16.5 Å². The highest BCUT2D eigenvalue weighted by Crippen LogP contribution is 2.27. The maximum Gasteiger partial charge on any atom is 0.189 e. The zero-order valence-electron chi connectivity index (χ0n) is 11.8. The number of rotatable bonds is 3. The number of nitrogen functional groups attached to an aromatic ring is 1. The van der Waals surface area contributed by atoms with Gasteiger partial charge in [-0.25, -0.2) is 17.9 Å². The van der Waals surface area contributed by atoms with Crippen LogP contribution >= 0.6 is 0 Å². The predicted octanol–water partition coefficient (Wildman–Crippen LogP) is 0.225. The van der Waals surface area contributed by atoms with Crippen LogP contribution in [0.3, 0.4) is 0 Å². The summed E-state index contributed by atoms with van der Waals surface area (Å²) >= 11 is 0. The van der Waals surface area contributed by atoms with E-state index >= 15 is 0 Å². The first-order chi connectivity index (χ1) is 9.95. The number of sulfone groups is 1. The van der Waals surface area contributed by atoms with Crippen molar-refractivity contribution in [1.29, 1.82) is 0 Å². The molecule has 0 unspecified atom stereocenters. The third-order valence-corrected chi connectivity index (χ3v) is 5.34.